The van der Waals surface area contributed by atoms with Crippen molar-refractivity contribution in [1.29, 1.82) is 0 Å². The molecule has 6 unspecified atom stereocenters. The monoisotopic (exact) mass is 593 g/mol. The van der Waals surface area contributed by atoms with Gasteiger partial charge in [-0.1, -0.05) is 89.5 Å². The van der Waals surface area contributed by atoms with E-state index in [4.69, 9.17) is 0 Å². The molecule has 10 bridgehead atoms. The van der Waals surface area contributed by atoms with Crippen molar-refractivity contribution in [3.63, 3.8) is 0 Å². The van der Waals surface area contributed by atoms with E-state index >= 15 is 0 Å². The maximum absolute atomic E-state index is 2.58. The molecule has 0 saturated heterocycles. The van der Waals surface area contributed by atoms with Crippen molar-refractivity contribution >= 4 is 0 Å². The number of fused-ring (bicyclic) bond motifs is 2. The molecule has 0 aromatic heterocycles. The summed E-state index contributed by atoms with van der Waals surface area (Å²) >= 11 is 0. The lowest BCUT2D eigenvalue weighted by atomic mass is 9.38. The van der Waals surface area contributed by atoms with E-state index in [1.807, 2.05) is 0 Å². The predicted octanol–water partition coefficient (Wildman–Crippen LogP) is 13.5. The molecule has 0 spiro atoms. The summed E-state index contributed by atoms with van der Waals surface area (Å²) in [7, 11) is 0. The van der Waals surface area contributed by atoms with Crippen LogP contribution in [0.25, 0.3) is 0 Å². The normalized spacial score (nSPS) is 55.5. The molecule has 0 nitrogen and oxygen atoms in total. The van der Waals surface area contributed by atoms with E-state index in [0.29, 0.717) is 21.7 Å². The summed E-state index contributed by atoms with van der Waals surface area (Å²) in [5.74, 6) is 5.85. The second-order valence-corrected chi connectivity index (χ2v) is 22.9. The largest absolute Gasteiger partial charge is 0.0625 e. The van der Waals surface area contributed by atoms with Gasteiger partial charge in [-0.05, 0) is 182 Å². The number of rotatable bonds is 3. The molecule has 0 aromatic carbocycles. The van der Waals surface area contributed by atoms with Crippen molar-refractivity contribution in [3.8, 4) is 0 Å². The first-order chi connectivity index (χ1) is 19.7. The minimum absolute atomic E-state index is 0.695. The summed E-state index contributed by atoms with van der Waals surface area (Å²) in [4.78, 5) is 0. The minimum Gasteiger partial charge on any atom is -0.0625 e. The zero-order valence-electron chi connectivity index (χ0n) is 31.5. The fourth-order valence-electron chi connectivity index (χ4n) is 16.4. The lowest BCUT2D eigenvalue weighted by molar-refractivity contribution is -0.162. The Bertz CT molecular complexity index is 984. The van der Waals surface area contributed by atoms with Gasteiger partial charge in [-0.3, -0.25) is 0 Å². The summed E-state index contributed by atoms with van der Waals surface area (Å²) in [5, 5.41) is 0. The molecular formula is C43H76. The minimum atomic E-state index is 0.695. The zero-order chi connectivity index (χ0) is 31.5. The smallest absolute Gasteiger partial charge is 0.0235 e. The van der Waals surface area contributed by atoms with Gasteiger partial charge in [-0.25, -0.2) is 0 Å². The van der Waals surface area contributed by atoms with E-state index < -0.39 is 0 Å². The third kappa shape index (κ3) is 5.87. The quantitative estimate of drug-likeness (QED) is 0.306. The molecule has 0 heteroatoms. The molecule has 0 aliphatic heterocycles. The van der Waals surface area contributed by atoms with Crippen molar-refractivity contribution in [1.82, 2.24) is 0 Å². The van der Waals surface area contributed by atoms with Crippen molar-refractivity contribution in [2.24, 2.45) is 78.8 Å². The average molecular weight is 593 g/mol. The fourth-order valence-corrected chi connectivity index (χ4v) is 16.4. The topological polar surface area (TPSA) is 0 Å². The van der Waals surface area contributed by atoms with E-state index in [0.717, 1.165) is 57.2 Å². The van der Waals surface area contributed by atoms with Gasteiger partial charge < -0.3 is 0 Å². The first-order valence-electron chi connectivity index (χ1n) is 19.7. The van der Waals surface area contributed by atoms with Crippen molar-refractivity contribution in [2.45, 2.75) is 192 Å². The van der Waals surface area contributed by atoms with Crippen LogP contribution in [0.1, 0.15) is 192 Å². The highest BCUT2D eigenvalue weighted by Crippen LogP contribution is 2.76. The second kappa shape index (κ2) is 10.2. The van der Waals surface area contributed by atoms with Gasteiger partial charge in [-0.2, -0.15) is 0 Å². The second-order valence-electron chi connectivity index (χ2n) is 22.9. The van der Waals surface area contributed by atoms with Crippen LogP contribution in [0.5, 0.6) is 0 Å². The Hall–Kier alpha value is 0. The summed E-state index contributed by atoms with van der Waals surface area (Å²) in [6.45, 7) is 30.1. The van der Waals surface area contributed by atoms with Crippen molar-refractivity contribution in [3.05, 3.63) is 0 Å². The van der Waals surface area contributed by atoms with Gasteiger partial charge >= 0.3 is 0 Å². The standard InChI is InChI=1S/C15H26.C14H24.C14H26/c1-11(2)15-7-12-5-13(3,9-15)8-14(4,6-12)10-15;1-10(2)14-8-12(3)5-11(14)6-13(4,7-12)9-14;1-11(2)12-8-13(3)6-5-7-14(4,9-12)10-13/h11-12H,5-10H2,1-4H3;10-11H,5-9H2,1-4H3;11-12H,5-10H2,1-4H3. The highest BCUT2D eigenvalue weighted by Gasteiger charge is 2.67. The van der Waals surface area contributed by atoms with Crippen molar-refractivity contribution < 1.29 is 0 Å². The van der Waals surface area contributed by atoms with Crippen LogP contribution in [0.2, 0.25) is 0 Å². The lowest BCUT2D eigenvalue weighted by Gasteiger charge is -2.67. The number of hydrogen-bond acceptors (Lipinski definition) is 0. The molecule has 10 saturated carbocycles. The third-order valence-electron chi connectivity index (χ3n) is 16.6. The Morgan fingerprint density at radius 1 is 0.442 bits per heavy atom. The van der Waals surface area contributed by atoms with Gasteiger partial charge in [-0.15, -0.1) is 0 Å². The molecule has 43 heavy (non-hydrogen) atoms. The van der Waals surface area contributed by atoms with E-state index in [1.165, 1.54) is 89.9 Å². The third-order valence-corrected chi connectivity index (χ3v) is 16.6. The van der Waals surface area contributed by atoms with Crippen LogP contribution in [0.4, 0.5) is 0 Å². The molecule has 10 aliphatic carbocycles. The van der Waals surface area contributed by atoms with Gasteiger partial charge in [0, 0.05) is 0 Å². The van der Waals surface area contributed by atoms with E-state index in [9.17, 15) is 0 Å². The maximum atomic E-state index is 2.58. The molecule has 10 fully saturated rings. The Kier molecular flexibility index (Phi) is 7.85. The highest BCUT2D eigenvalue weighted by molar-refractivity contribution is 5.16. The Labute approximate surface area is 270 Å². The molecule has 0 amide bonds. The van der Waals surface area contributed by atoms with E-state index in [2.05, 4.69) is 83.1 Å². The molecule has 10 aliphatic rings. The first kappa shape index (κ1) is 32.9. The molecule has 0 N–H and O–H groups in total. The van der Waals surface area contributed by atoms with E-state index in [-0.39, 0.29) is 0 Å². The Morgan fingerprint density at radius 2 is 0.884 bits per heavy atom. The van der Waals surface area contributed by atoms with Gasteiger partial charge in [0.15, 0.2) is 0 Å². The molecular weight excluding hydrogens is 516 g/mol. The van der Waals surface area contributed by atoms with Crippen LogP contribution in [-0.4, -0.2) is 0 Å². The van der Waals surface area contributed by atoms with Crippen LogP contribution in [-0.2, 0) is 0 Å². The first-order valence-corrected chi connectivity index (χ1v) is 19.7. The van der Waals surface area contributed by atoms with Crippen LogP contribution in [0.3, 0.4) is 0 Å². The summed E-state index contributed by atoms with van der Waals surface area (Å²) in [6.07, 6.45) is 25.9. The average Bonchev–Trinajstić information content (AvgIpc) is 3.14. The van der Waals surface area contributed by atoms with Crippen LogP contribution in [0, 0.1) is 78.8 Å². The zero-order valence-corrected chi connectivity index (χ0v) is 31.5. The van der Waals surface area contributed by atoms with Crippen LogP contribution < -0.4 is 0 Å². The Morgan fingerprint density at radius 3 is 1.26 bits per heavy atom. The lowest BCUT2D eigenvalue weighted by Crippen LogP contribution is -2.56. The SMILES string of the molecule is CC(C)C12CC3(C)CC1CC(C)(C3)C2.CC(C)C12CC3CC(C)(CC(C)(C3)C1)C2.CC(C)C1CC2(C)CCCC(C)(C1)C2. The maximum Gasteiger partial charge on any atom is -0.0235 e. The van der Waals surface area contributed by atoms with Crippen molar-refractivity contribution in [2.75, 3.05) is 0 Å². The van der Waals surface area contributed by atoms with E-state index in [1.54, 1.807) is 19.3 Å². The van der Waals surface area contributed by atoms with Gasteiger partial charge in [0.05, 0.1) is 0 Å². The highest BCUT2D eigenvalue weighted by atomic mass is 14.7. The Balaban J connectivity index is 0.000000115. The van der Waals surface area contributed by atoms with Gasteiger partial charge in [0.25, 0.3) is 0 Å². The molecule has 0 radical (unpaired) electrons. The van der Waals surface area contributed by atoms with Gasteiger partial charge in [0.1, 0.15) is 0 Å². The fraction of sp³-hybridized carbons (Fsp3) is 1.00. The molecule has 10 rings (SSSR count). The predicted molar refractivity (Wildman–Crippen MR) is 187 cm³/mol. The molecule has 0 aromatic rings. The van der Waals surface area contributed by atoms with Crippen LogP contribution in [0.15, 0.2) is 0 Å². The van der Waals surface area contributed by atoms with Gasteiger partial charge in [0.2, 0.25) is 0 Å². The summed E-state index contributed by atoms with van der Waals surface area (Å²) in [6, 6.07) is 0. The van der Waals surface area contributed by atoms with Crippen LogP contribution >= 0.6 is 0 Å². The molecule has 6 atom stereocenters. The summed E-state index contributed by atoms with van der Waals surface area (Å²) < 4.78 is 0. The molecule has 0 heterocycles. The molecule has 248 valence electrons. The number of hydrogen-bond donors (Lipinski definition) is 0. The summed E-state index contributed by atoms with van der Waals surface area (Å²) in [5.41, 5.74) is 5.72.